The van der Waals surface area contributed by atoms with Gasteiger partial charge in [-0.3, -0.25) is 0 Å². The van der Waals surface area contributed by atoms with Crippen LogP contribution in [0.3, 0.4) is 0 Å². The Bertz CT molecular complexity index is 643. The fourth-order valence-electron chi connectivity index (χ4n) is 2.58. The first-order valence-electron chi connectivity index (χ1n) is 7.15. The normalized spacial score (nSPS) is 16.8. The van der Waals surface area contributed by atoms with Crippen LogP contribution in [-0.4, -0.2) is 13.2 Å². The summed E-state index contributed by atoms with van der Waals surface area (Å²) in [6, 6.07) is 18.2. The molecule has 0 fully saturated rings. The number of nitrogens with zero attached hydrogens (tertiary/aromatic N) is 1. The molecule has 0 radical (unpaired) electrons. The Labute approximate surface area is 124 Å². The lowest BCUT2D eigenvalue weighted by Gasteiger charge is -2.26. The topological polar surface area (TPSA) is 42.2 Å². The highest BCUT2D eigenvalue weighted by atomic mass is 16.5. The average molecular weight is 279 g/mol. The Balaban J connectivity index is 1.64. The van der Waals surface area contributed by atoms with E-state index in [1.165, 1.54) is 11.1 Å². The van der Waals surface area contributed by atoms with Crippen LogP contribution < -0.4 is 4.74 Å². The van der Waals surface area contributed by atoms with Crippen molar-refractivity contribution in [3.63, 3.8) is 0 Å². The van der Waals surface area contributed by atoms with Gasteiger partial charge >= 0.3 is 0 Å². The van der Waals surface area contributed by atoms with Crippen molar-refractivity contribution >= 4 is 0 Å². The standard InChI is InChI=1S/C18H17NO2/c19-11-9-14-5-7-16(8-6-14)21-13-18-17-4-2-1-3-15(17)10-12-20-18/h1-8,18H,9-10,12-13H2. The predicted octanol–water partition coefficient (Wildman–Crippen LogP) is 3.45. The lowest BCUT2D eigenvalue weighted by Crippen LogP contribution is -2.21. The van der Waals surface area contributed by atoms with Gasteiger partial charge in [-0.05, 0) is 35.2 Å². The second-order valence-electron chi connectivity index (χ2n) is 5.10. The highest BCUT2D eigenvalue weighted by Gasteiger charge is 2.20. The van der Waals surface area contributed by atoms with Gasteiger partial charge in [-0.2, -0.15) is 5.26 Å². The lowest BCUT2D eigenvalue weighted by atomic mass is 9.98. The lowest BCUT2D eigenvalue weighted by molar-refractivity contribution is 0.0102. The van der Waals surface area contributed by atoms with Crippen LogP contribution in [0, 0.1) is 11.3 Å². The molecule has 2 aromatic rings. The summed E-state index contributed by atoms with van der Waals surface area (Å²) in [6.45, 7) is 1.25. The number of hydrogen-bond acceptors (Lipinski definition) is 3. The quantitative estimate of drug-likeness (QED) is 0.861. The predicted molar refractivity (Wildman–Crippen MR) is 80.1 cm³/mol. The second-order valence-corrected chi connectivity index (χ2v) is 5.10. The number of hydrogen-bond donors (Lipinski definition) is 0. The first-order chi connectivity index (χ1) is 10.4. The van der Waals surface area contributed by atoms with Gasteiger partial charge in [0.05, 0.1) is 19.1 Å². The van der Waals surface area contributed by atoms with E-state index in [-0.39, 0.29) is 6.10 Å². The van der Waals surface area contributed by atoms with Gasteiger partial charge in [0.2, 0.25) is 0 Å². The zero-order valence-electron chi connectivity index (χ0n) is 11.8. The number of fused-ring (bicyclic) bond motifs is 1. The first-order valence-corrected chi connectivity index (χ1v) is 7.15. The minimum atomic E-state index is -0.00580. The fraction of sp³-hybridized carbons (Fsp3) is 0.278. The molecule has 21 heavy (non-hydrogen) atoms. The van der Waals surface area contributed by atoms with Crippen molar-refractivity contribution < 1.29 is 9.47 Å². The summed E-state index contributed by atoms with van der Waals surface area (Å²) >= 11 is 0. The van der Waals surface area contributed by atoms with Gasteiger partial charge in [-0.15, -0.1) is 0 Å². The molecular formula is C18H17NO2. The molecule has 0 amide bonds. The van der Waals surface area contributed by atoms with Crippen molar-refractivity contribution in [3.8, 4) is 11.8 Å². The first kappa shape index (κ1) is 13.7. The summed E-state index contributed by atoms with van der Waals surface area (Å²) in [7, 11) is 0. The third-order valence-electron chi connectivity index (χ3n) is 3.70. The molecule has 3 rings (SSSR count). The maximum atomic E-state index is 8.66. The van der Waals surface area contributed by atoms with E-state index < -0.39 is 0 Å². The van der Waals surface area contributed by atoms with Gasteiger partial charge in [0, 0.05) is 0 Å². The van der Waals surface area contributed by atoms with E-state index in [1.54, 1.807) is 0 Å². The Morgan fingerprint density at radius 1 is 1.14 bits per heavy atom. The molecule has 2 aromatic carbocycles. The average Bonchev–Trinajstić information content (AvgIpc) is 2.54. The van der Waals surface area contributed by atoms with Crippen molar-refractivity contribution in [3.05, 3.63) is 65.2 Å². The Morgan fingerprint density at radius 2 is 1.95 bits per heavy atom. The SMILES string of the molecule is N#CCc1ccc(OCC2OCCc3ccccc32)cc1. The fourth-order valence-corrected chi connectivity index (χ4v) is 2.58. The van der Waals surface area contributed by atoms with Crippen molar-refractivity contribution in [2.75, 3.05) is 13.2 Å². The monoisotopic (exact) mass is 279 g/mol. The summed E-state index contributed by atoms with van der Waals surface area (Å²) < 4.78 is 11.6. The maximum absolute atomic E-state index is 8.66. The van der Waals surface area contributed by atoms with E-state index in [0.29, 0.717) is 13.0 Å². The van der Waals surface area contributed by atoms with Gasteiger partial charge in [0.1, 0.15) is 18.5 Å². The molecule has 3 heteroatoms. The van der Waals surface area contributed by atoms with Crippen LogP contribution in [0.2, 0.25) is 0 Å². The number of rotatable bonds is 4. The van der Waals surface area contributed by atoms with Crippen molar-refractivity contribution in [2.24, 2.45) is 0 Å². The molecule has 0 saturated carbocycles. The van der Waals surface area contributed by atoms with E-state index in [0.717, 1.165) is 24.3 Å². The van der Waals surface area contributed by atoms with E-state index in [1.807, 2.05) is 30.3 Å². The van der Waals surface area contributed by atoms with Crippen LogP contribution in [0.25, 0.3) is 0 Å². The Kier molecular flexibility index (Phi) is 4.18. The summed E-state index contributed by atoms with van der Waals surface area (Å²) in [4.78, 5) is 0. The zero-order chi connectivity index (χ0) is 14.5. The van der Waals surface area contributed by atoms with Gasteiger partial charge in [0.25, 0.3) is 0 Å². The van der Waals surface area contributed by atoms with Gasteiger partial charge in [0.15, 0.2) is 0 Å². The summed E-state index contributed by atoms with van der Waals surface area (Å²) in [5, 5.41) is 8.66. The van der Waals surface area contributed by atoms with Gasteiger partial charge < -0.3 is 9.47 Å². The molecule has 1 atom stereocenters. The third-order valence-corrected chi connectivity index (χ3v) is 3.70. The number of benzene rings is 2. The molecule has 0 N–H and O–H groups in total. The molecule has 0 saturated heterocycles. The van der Waals surface area contributed by atoms with Crippen LogP contribution in [0.1, 0.15) is 22.8 Å². The Hall–Kier alpha value is -2.31. The minimum Gasteiger partial charge on any atom is -0.491 e. The summed E-state index contributed by atoms with van der Waals surface area (Å²) in [6.07, 6.45) is 1.39. The highest BCUT2D eigenvalue weighted by molar-refractivity contribution is 5.32. The number of nitriles is 1. The molecule has 1 aliphatic heterocycles. The molecular weight excluding hydrogens is 262 g/mol. The molecule has 0 bridgehead atoms. The molecule has 3 nitrogen and oxygen atoms in total. The maximum Gasteiger partial charge on any atom is 0.119 e. The van der Waals surface area contributed by atoms with Crippen LogP contribution in [0.4, 0.5) is 0 Å². The summed E-state index contributed by atoms with van der Waals surface area (Å²) in [5.41, 5.74) is 3.58. The summed E-state index contributed by atoms with van der Waals surface area (Å²) in [5.74, 6) is 0.809. The van der Waals surface area contributed by atoms with Crippen LogP contribution in [-0.2, 0) is 17.6 Å². The molecule has 1 unspecified atom stereocenters. The van der Waals surface area contributed by atoms with E-state index in [4.69, 9.17) is 14.7 Å². The smallest absolute Gasteiger partial charge is 0.119 e. The number of ether oxygens (including phenoxy) is 2. The molecule has 0 spiro atoms. The van der Waals surface area contributed by atoms with Crippen LogP contribution in [0.5, 0.6) is 5.75 Å². The van der Waals surface area contributed by atoms with Crippen LogP contribution in [0.15, 0.2) is 48.5 Å². The van der Waals surface area contributed by atoms with Gasteiger partial charge in [-0.1, -0.05) is 36.4 Å². The van der Waals surface area contributed by atoms with Crippen molar-refractivity contribution in [1.82, 2.24) is 0 Å². The molecule has 0 aliphatic carbocycles. The second kappa shape index (κ2) is 6.43. The Morgan fingerprint density at radius 3 is 2.76 bits per heavy atom. The molecule has 106 valence electrons. The zero-order valence-corrected chi connectivity index (χ0v) is 11.8. The molecule has 1 heterocycles. The molecule has 1 aliphatic rings. The van der Waals surface area contributed by atoms with E-state index in [9.17, 15) is 0 Å². The minimum absolute atomic E-state index is 0.00580. The largest absolute Gasteiger partial charge is 0.491 e. The van der Waals surface area contributed by atoms with Crippen LogP contribution >= 0.6 is 0 Å². The highest BCUT2D eigenvalue weighted by Crippen LogP contribution is 2.27. The van der Waals surface area contributed by atoms with E-state index >= 15 is 0 Å². The van der Waals surface area contributed by atoms with Crippen molar-refractivity contribution in [2.45, 2.75) is 18.9 Å². The van der Waals surface area contributed by atoms with Crippen molar-refractivity contribution in [1.29, 1.82) is 5.26 Å². The third kappa shape index (κ3) is 3.24. The van der Waals surface area contributed by atoms with Gasteiger partial charge in [-0.25, -0.2) is 0 Å². The van der Waals surface area contributed by atoms with E-state index in [2.05, 4.69) is 24.3 Å². The molecule has 0 aromatic heterocycles.